The van der Waals surface area contributed by atoms with Crippen LogP contribution in [0.15, 0.2) is 34.9 Å². The summed E-state index contributed by atoms with van der Waals surface area (Å²) in [6, 6.07) is 0. The van der Waals surface area contributed by atoms with Crippen LogP contribution in [0.1, 0.15) is 119 Å². The Morgan fingerprint density at radius 3 is 2.59 bits per heavy atom. The molecule has 0 amide bonds. The summed E-state index contributed by atoms with van der Waals surface area (Å²) in [5.74, 6) is 0.679. The molecule has 5 unspecified atom stereocenters. The van der Waals surface area contributed by atoms with E-state index in [1.54, 1.807) is 0 Å². The van der Waals surface area contributed by atoms with Crippen molar-refractivity contribution in [1.29, 1.82) is 0 Å². The molecule has 184 valence electrons. The van der Waals surface area contributed by atoms with Crippen molar-refractivity contribution in [3.8, 4) is 0 Å². The lowest BCUT2D eigenvalue weighted by Gasteiger charge is -2.51. The first kappa shape index (κ1) is 27.3. The van der Waals surface area contributed by atoms with Gasteiger partial charge in [0, 0.05) is 0 Å². The van der Waals surface area contributed by atoms with Gasteiger partial charge in [0.25, 0.3) is 0 Å². The van der Waals surface area contributed by atoms with E-state index in [1.807, 2.05) is 26.8 Å². The number of allylic oxidation sites excluding steroid dienone is 2. The fourth-order valence-electron chi connectivity index (χ4n) is 5.76. The molecule has 1 aliphatic carbocycles. The van der Waals surface area contributed by atoms with Gasteiger partial charge in [0.15, 0.2) is 0 Å². The fourth-order valence-corrected chi connectivity index (χ4v) is 5.76. The van der Waals surface area contributed by atoms with E-state index in [4.69, 9.17) is 4.74 Å². The maximum atomic E-state index is 10.6. The molecule has 0 bridgehead atoms. The van der Waals surface area contributed by atoms with Gasteiger partial charge >= 0.3 is 0 Å². The summed E-state index contributed by atoms with van der Waals surface area (Å²) >= 11 is 0. The number of aliphatic hydroxyl groups is 2. The summed E-state index contributed by atoms with van der Waals surface area (Å²) in [6.45, 7) is 15.1. The topological polar surface area (TPSA) is 49.7 Å². The van der Waals surface area contributed by atoms with Gasteiger partial charge in [-0.2, -0.15) is 0 Å². The Hall–Kier alpha value is -0.900. The molecule has 1 heterocycles. The van der Waals surface area contributed by atoms with E-state index < -0.39 is 11.7 Å². The Kier molecular flexibility index (Phi) is 9.82. The molecule has 1 aliphatic heterocycles. The van der Waals surface area contributed by atoms with Crippen molar-refractivity contribution < 1.29 is 14.9 Å². The van der Waals surface area contributed by atoms with Crippen molar-refractivity contribution in [2.45, 2.75) is 142 Å². The highest BCUT2D eigenvalue weighted by atomic mass is 16.5. The van der Waals surface area contributed by atoms with Gasteiger partial charge in [-0.05, 0) is 108 Å². The predicted octanol–water partition coefficient (Wildman–Crippen LogP) is 7.43. The van der Waals surface area contributed by atoms with Crippen LogP contribution in [0.4, 0.5) is 0 Å². The van der Waals surface area contributed by atoms with E-state index in [9.17, 15) is 10.2 Å². The number of rotatable bonds is 12. The minimum absolute atomic E-state index is 0.104. The number of aliphatic hydroxyl groups excluding tert-OH is 1. The van der Waals surface area contributed by atoms with E-state index in [0.717, 1.165) is 56.9 Å². The average molecular weight is 447 g/mol. The normalized spacial score (nSPS) is 31.4. The van der Waals surface area contributed by atoms with Crippen LogP contribution in [0.25, 0.3) is 0 Å². The maximum absolute atomic E-state index is 10.6. The van der Waals surface area contributed by atoms with Crippen molar-refractivity contribution in [3.05, 3.63) is 34.9 Å². The SMILES string of the molecule is CC=CCCC(C)(O)CCCC(C)CCCC1(C)CCC2=CC(O)C(C)=C(C)C2(CC)O1. The molecule has 0 aromatic heterocycles. The summed E-state index contributed by atoms with van der Waals surface area (Å²) < 4.78 is 6.92. The third kappa shape index (κ3) is 6.81. The molecule has 1 saturated heterocycles. The van der Waals surface area contributed by atoms with Gasteiger partial charge in [0.1, 0.15) is 5.60 Å². The Morgan fingerprint density at radius 2 is 1.94 bits per heavy atom. The lowest BCUT2D eigenvalue weighted by atomic mass is 9.70. The zero-order valence-electron chi connectivity index (χ0n) is 22.0. The standard InChI is InChI=1S/C29H50O3/c1-8-10-11-17-27(6,31)18-12-14-22(3)15-13-19-28(7)20-16-25-21-26(30)23(4)24(5)29(25,9-2)32-28/h8,10,21-22,26,30-31H,9,11-20H2,1-7H3. The second-order valence-electron chi connectivity index (χ2n) is 11.2. The molecule has 0 aromatic rings. The van der Waals surface area contributed by atoms with E-state index in [-0.39, 0.29) is 11.2 Å². The fraction of sp³-hybridized carbons (Fsp3) is 0.793. The van der Waals surface area contributed by atoms with Crippen LogP contribution in [-0.4, -0.2) is 33.1 Å². The van der Waals surface area contributed by atoms with E-state index in [0.29, 0.717) is 5.92 Å². The summed E-state index contributed by atoms with van der Waals surface area (Å²) in [7, 11) is 0. The molecule has 3 heteroatoms. The van der Waals surface area contributed by atoms with Gasteiger partial charge < -0.3 is 14.9 Å². The van der Waals surface area contributed by atoms with Crippen LogP contribution in [0.2, 0.25) is 0 Å². The maximum Gasteiger partial charge on any atom is 0.111 e. The lowest BCUT2D eigenvalue weighted by Crippen LogP contribution is -2.51. The second kappa shape index (κ2) is 11.5. The summed E-state index contributed by atoms with van der Waals surface area (Å²) in [4.78, 5) is 0. The number of ether oxygens (including phenoxy) is 1. The number of hydrogen-bond acceptors (Lipinski definition) is 3. The van der Waals surface area contributed by atoms with Gasteiger partial charge in [-0.1, -0.05) is 51.7 Å². The Bertz CT molecular complexity index is 701. The largest absolute Gasteiger partial charge is 0.390 e. The Labute approximate surface area is 198 Å². The van der Waals surface area contributed by atoms with Crippen molar-refractivity contribution in [2.24, 2.45) is 5.92 Å². The zero-order valence-corrected chi connectivity index (χ0v) is 22.0. The van der Waals surface area contributed by atoms with E-state index >= 15 is 0 Å². The van der Waals surface area contributed by atoms with Gasteiger partial charge in [-0.15, -0.1) is 0 Å². The molecular formula is C29H50O3. The predicted molar refractivity (Wildman–Crippen MR) is 136 cm³/mol. The quantitative estimate of drug-likeness (QED) is 0.307. The summed E-state index contributed by atoms with van der Waals surface area (Å²) in [6.07, 6.45) is 17.2. The van der Waals surface area contributed by atoms with Crippen molar-refractivity contribution in [3.63, 3.8) is 0 Å². The third-order valence-electron chi connectivity index (χ3n) is 8.26. The van der Waals surface area contributed by atoms with Crippen LogP contribution in [-0.2, 0) is 4.74 Å². The lowest BCUT2D eigenvalue weighted by molar-refractivity contribution is -0.144. The minimum atomic E-state index is -0.542. The highest BCUT2D eigenvalue weighted by molar-refractivity contribution is 5.44. The zero-order chi connectivity index (χ0) is 24.0. The van der Waals surface area contributed by atoms with Crippen LogP contribution in [0.3, 0.4) is 0 Å². The van der Waals surface area contributed by atoms with Gasteiger partial charge in [-0.3, -0.25) is 0 Å². The third-order valence-corrected chi connectivity index (χ3v) is 8.26. The molecule has 2 N–H and O–H groups in total. The van der Waals surface area contributed by atoms with Crippen LogP contribution >= 0.6 is 0 Å². The number of hydrogen-bond donors (Lipinski definition) is 2. The van der Waals surface area contributed by atoms with Gasteiger partial charge in [0.05, 0.1) is 17.3 Å². The monoisotopic (exact) mass is 446 g/mol. The molecular weight excluding hydrogens is 396 g/mol. The van der Waals surface area contributed by atoms with Crippen molar-refractivity contribution in [2.75, 3.05) is 0 Å². The molecule has 0 aromatic carbocycles. The molecule has 0 spiro atoms. The highest BCUT2D eigenvalue weighted by Crippen LogP contribution is 2.50. The first-order valence-electron chi connectivity index (χ1n) is 13.1. The molecule has 0 saturated carbocycles. The van der Waals surface area contributed by atoms with Crippen molar-refractivity contribution in [1.82, 2.24) is 0 Å². The van der Waals surface area contributed by atoms with Crippen LogP contribution < -0.4 is 0 Å². The summed E-state index contributed by atoms with van der Waals surface area (Å²) in [5.41, 5.74) is 2.58. The first-order chi connectivity index (χ1) is 15.0. The first-order valence-corrected chi connectivity index (χ1v) is 13.1. The molecule has 2 rings (SSSR count). The average Bonchev–Trinajstić information content (AvgIpc) is 2.73. The molecule has 1 fully saturated rings. The van der Waals surface area contributed by atoms with Crippen molar-refractivity contribution >= 4 is 0 Å². The molecule has 2 aliphatic rings. The molecule has 0 radical (unpaired) electrons. The van der Waals surface area contributed by atoms with Gasteiger partial charge in [-0.25, -0.2) is 0 Å². The number of fused-ring (bicyclic) bond motifs is 1. The van der Waals surface area contributed by atoms with E-state index in [1.165, 1.54) is 30.4 Å². The van der Waals surface area contributed by atoms with Gasteiger partial charge in [0.2, 0.25) is 0 Å². The summed E-state index contributed by atoms with van der Waals surface area (Å²) in [5, 5.41) is 21.0. The molecule has 3 nitrogen and oxygen atoms in total. The Morgan fingerprint density at radius 1 is 1.25 bits per heavy atom. The molecule has 32 heavy (non-hydrogen) atoms. The second-order valence-corrected chi connectivity index (χ2v) is 11.2. The Balaban J connectivity index is 1.82. The highest BCUT2D eigenvalue weighted by Gasteiger charge is 2.48. The molecule has 5 atom stereocenters. The van der Waals surface area contributed by atoms with E-state index in [2.05, 4.69) is 39.8 Å². The minimum Gasteiger partial charge on any atom is -0.390 e. The van der Waals surface area contributed by atoms with Crippen LogP contribution in [0, 0.1) is 5.92 Å². The smallest absolute Gasteiger partial charge is 0.111 e. The van der Waals surface area contributed by atoms with Crippen LogP contribution in [0.5, 0.6) is 0 Å².